The van der Waals surface area contributed by atoms with Gasteiger partial charge < -0.3 is 10.5 Å². The normalized spacial score (nSPS) is 11.5. The minimum atomic E-state index is -3.34. The van der Waals surface area contributed by atoms with Crippen LogP contribution in [0.2, 0.25) is 0 Å². The van der Waals surface area contributed by atoms with Crippen LogP contribution in [-0.4, -0.2) is 27.9 Å². The first-order valence-electron chi connectivity index (χ1n) is 5.72. The Bertz CT molecular complexity index is 512. The molecule has 0 unspecified atom stereocenters. The summed E-state index contributed by atoms with van der Waals surface area (Å²) in [7, 11) is -1.80. The van der Waals surface area contributed by atoms with Gasteiger partial charge in [0.05, 0.1) is 11.4 Å². The second-order valence-corrected chi connectivity index (χ2v) is 6.08. The van der Waals surface area contributed by atoms with E-state index >= 15 is 0 Å². The lowest BCUT2D eigenvalue weighted by Gasteiger charge is -2.13. The van der Waals surface area contributed by atoms with Crippen LogP contribution in [0, 0.1) is 13.8 Å². The molecule has 1 aromatic rings. The molecular weight excluding hydrogens is 252 g/mol. The van der Waals surface area contributed by atoms with Crippen molar-refractivity contribution in [1.29, 1.82) is 0 Å². The van der Waals surface area contributed by atoms with Gasteiger partial charge in [-0.1, -0.05) is 6.07 Å². The number of sulfonamides is 1. The summed E-state index contributed by atoms with van der Waals surface area (Å²) in [4.78, 5) is 0. The Morgan fingerprint density at radius 3 is 2.61 bits per heavy atom. The fraction of sp³-hybridized carbons (Fsp3) is 0.500. The summed E-state index contributed by atoms with van der Waals surface area (Å²) in [5.74, 6) is 0.0358. The van der Waals surface area contributed by atoms with E-state index in [1.165, 1.54) is 0 Å². The maximum Gasteiger partial charge on any atom is 0.232 e. The van der Waals surface area contributed by atoms with Gasteiger partial charge in [-0.05, 0) is 37.5 Å². The molecule has 0 bridgehead atoms. The van der Waals surface area contributed by atoms with E-state index in [4.69, 9.17) is 10.5 Å². The Morgan fingerprint density at radius 2 is 2.00 bits per heavy atom. The summed E-state index contributed by atoms with van der Waals surface area (Å²) in [6, 6.07) is 3.53. The maximum atomic E-state index is 11.8. The Balaban J connectivity index is 2.82. The number of nitrogen functional groups attached to an aromatic ring is 1. The van der Waals surface area contributed by atoms with Crippen molar-refractivity contribution in [3.63, 3.8) is 0 Å². The van der Waals surface area contributed by atoms with E-state index in [1.807, 2.05) is 6.92 Å². The zero-order chi connectivity index (χ0) is 13.8. The van der Waals surface area contributed by atoms with Gasteiger partial charge >= 0.3 is 0 Å². The Labute approximate surface area is 108 Å². The largest absolute Gasteiger partial charge is 0.398 e. The van der Waals surface area contributed by atoms with Gasteiger partial charge in [0.15, 0.2) is 0 Å². The number of anilines is 2. The minimum Gasteiger partial charge on any atom is -0.398 e. The summed E-state index contributed by atoms with van der Waals surface area (Å²) in [5.41, 5.74) is 8.72. The van der Waals surface area contributed by atoms with Crippen LogP contribution in [0.25, 0.3) is 0 Å². The SMILES string of the molecule is COCCCS(=O)(=O)Nc1ccc(C)c(N)c1C. The van der Waals surface area contributed by atoms with Crippen molar-refractivity contribution in [3.8, 4) is 0 Å². The molecule has 0 radical (unpaired) electrons. The number of benzene rings is 1. The van der Waals surface area contributed by atoms with Gasteiger partial charge in [-0.2, -0.15) is 0 Å². The van der Waals surface area contributed by atoms with Crippen molar-refractivity contribution in [1.82, 2.24) is 0 Å². The lowest BCUT2D eigenvalue weighted by molar-refractivity contribution is 0.199. The van der Waals surface area contributed by atoms with Gasteiger partial charge in [-0.3, -0.25) is 4.72 Å². The predicted molar refractivity (Wildman–Crippen MR) is 74.2 cm³/mol. The van der Waals surface area contributed by atoms with Crippen molar-refractivity contribution in [2.24, 2.45) is 0 Å². The quantitative estimate of drug-likeness (QED) is 0.609. The van der Waals surface area contributed by atoms with E-state index in [1.54, 1.807) is 26.2 Å². The summed E-state index contributed by atoms with van der Waals surface area (Å²) >= 11 is 0. The van der Waals surface area contributed by atoms with E-state index in [-0.39, 0.29) is 5.75 Å². The first-order chi connectivity index (χ1) is 8.37. The molecule has 0 fully saturated rings. The number of hydrogen-bond donors (Lipinski definition) is 2. The van der Waals surface area contributed by atoms with Crippen LogP contribution in [0.15, 0.2) is 12.1 Å². The third kappa shape index (κ3) is 3.89. The molecule has 18 heavy (non-hydrogen) atoms. The minimum absolute atomic E-state index is 0.0358. The number of ether oxygens (including phenoxy) is 1. The third-order valence-corrected chi connectivity index (χ3v) is 4.12. The highest BCUT2D eigenvalue weighted by molar-refractivity contribution is 7.92. The molecule has 0 amide bonds. The fourth-order valence-electron chi connectivity index (χ4n) is 1.59. The van der Waals surface area contributed by atoms with Gasteiger partial charge in [0.2, 0.25) is 10.0 Å². The van der Waals surface area contributed by atoms with Crippen molar-refractivity contribution in [3.05, 3.63) is 23.3 Å². The molecule has 6 heteroatoms. The topological polar surface area (TPSA) is 81.4 Å². The lowest BCUT2D eigenvalue weighted by Crippen LogP contribution is -2.18. The number of aryl methyl sites for hydroxylation is 1. The lowest BCUT2D eigenvalue weighted by atomic mass is 10.1. The van der Waals surface area contributed by atoms with Crippen molar-refractivity contribution < 1.29 is 13.2 Å². The van der Waals surface area contributed by atoms with E-state index in [9.17, 15) is 8.42 Å². The molecule has 0 saturated heterocycles. The maximum absolute atomic E-state index is 11.8. The number of rotatable bonds is 6. The zero-order valence-corrected chi connectivity index (χ0v) is 11.8. The van der Waals surface area contributed by atoms with Crippen molar-refractivity contribution in [2.45, 2.75) is 20.3 Å². The van der Waals surface area contributed by atoms with Crippen LogP contribution >= 0.6 is 0 Å². The van der Waals surface area contributed by atoms with Gasteiger partial charge in [-0.15, -0.1) is 0 Å². The summed E-state index contributed by atoms with van der Waals surface area (Å²) in [5, 5.41) is 0. The molecule has 0 spiro atoms. The summed E-state index contributed by atoms with van der Waals surface area (Å²) < 4.78 is 31.0. The molecule has 0 aliphatic heterocycles. The fourth-order valence-corrected chi connectivity index (χ4v) is 2.74. The highest BCUT2D eigenvalue weighted by Gasteiger charge is 2.13. The second kappa shape index (κ2) is 6.06. The molecule has 0 saturated carbocycles. The van der Waals surface area contributed by atoms with Gasteiger partial charge in [0, 0.05) is 19.4 Å². The number of nitrogens with one attached hydrogen (secondary N) is 1. The van der Waals surface area contributed by atoms with E-state index in [2.05, 4.69) is 4.72 Å². The highest BCUT2D eigenvalue weighted by Crippen LogP contribution is 2.25. The molecule has 1 rings (SSSR count). The molecule has 3 N–H and O–H groups in total. The van der Waals surface area contributed by atoms with Crippen LogP contribution in [0.5, 0.6) is 0 Å². The monoisotopic (exact) mass is 272 g/mol. The van der Waals surface area contributed by atoms with Crippen LogP contribution < -0.4 is 10.5 Å². The second-order valence-electron chi connectivity index (χ2n) is 4.24. The van der Waals surface area contributed by atoms with Crippen LogP contribution in [-0.2, 0) is 14.8 Å². The number of methoxy groups -OCH3 is 1. The Hall–Kier alpha value is -1.27. The number of nitrogens with two attached hydrogens (primary N) is 1. The highest BCUT2D eigenvalue weighted by atomic mass is 32.2. The molecular formula is C12H20N2O3S. The van der Waals surface area contributed by atoms with E-state index < -0.39 is 10.0 Å². The molecule has 0 aliphatic carbocycles. The Kier molecular flexibility index (Phi) is 4.98. The smallest absolute Gasteiger partial charge is 0.232 e. The molecule has 0 heterocycles. The average molecular weight is 272 g/mol. The van der Waals surface area contributed by atoms with Gasteiger partial charge in [0.1, 0.15) is 0 Å². The Morgan fingerprint density at radius 1 is 1.33 bits per heavy atom. The predicted octanol–water partition coefficient (Wildman–Crippen LogP) is 1.66. The zero-order valence-electron chi connectivity index (χ0n) is 11.0. The molecule has 102 valence electrons. The van der Waals surface area contributed by atoms with E-state index in [0.717, 1.165) is 11.1 Å². The van der Waals surface area contributed by atoms with Crippen molar-refractivity contribution >= 4 is 21.4 Å². The van der Waals surface area contributed by atoms with Crippen LogP contribution in [0.1, 0.15) is 17.5 Å². The van der Waals surface area contributed by atoms with Crippen LogP contribution in [0.4, 0.5) is 11.4 Å². The van der Waals surface area contributed by atoms with Crippen molar-refractivity contribution in [2.75, 3.05) is 29.9 Å². The van der Waals surface area contributed by atoms with Gasteiger partial charge in [-0.25, -0.2) is 8.42 Å². The molecule has 1 aromatic carbocycles. The van der Waals surface area contributed by atoms with Gasteiger partial charge in [0.25, 0.3) is 0 Å². The first-order valence-corrected chi connectivity index (χ1v) is 7.37. The average Bonchev–Trinajstić information content (AvgIpc) is 2.30. The molecule has 0 atom stereocenters. The number of hydrogen-bond acceptors (Lipinski definition) is 4. The molecule has 5 nitrogen and oxygen atoms in total. The molecule has 0 aromatic heterocycles. The third-order valence-electron chi connectivity index (χ3n) is 2.76. The van der Waals surface area contributed by atoms with Crippen LogP contribution in [0.3, 0.4) is 0 Å². The standard InChI is InChI=1S/C12H20N2O3S/c1-9-5-6-11(10(2)12(9)13)14-18(15,16)8-4-7-17-3/h5-6,14H,4,7-8,13H2,1-3H3. The van der Waals surface area contributed by atoms with E-state index in [0.29, 0.717) is 24.4 Å². The summed E-state index contributed by atoms with van der Waals surface area (Å²) in [6.07, 6.45) is 0.465. The first kappa shape index (κ1) is 14.8. The molecule has 0 aliphatic rings. The summed E-state index contributed by atoms with van der Waals surface area (Å²) in [6.45, 7) is 4.12.